The van der Waals surface area contributed by atoms with Gasteiger partial charge >= 0.3 is 0 Å². The van der Waals surface area contributed by atoms with E-state index in [1.807, 2.05) is 19.1 Å². The van der Waals surface area contributed by atoms with Crippen molar-refractivity contribution >= 4 is 11.6 Å². The van der Waals surface area contributed by atoms with Crippen LogP contribution < -0.4 is 20.3 Å². The van der Waals surface area contributed by atoms with Crippen molar-refractivity contribution in [2.45, 2.75) is 6.92 Å². The molecule has 0 radical (unpaired) electrons. The summed E-state index contributed by atoms with van der Waals surface area (Å²) in [4.78, 5) is 12.3. The number of fused-ring (bicyclic) bond motifs is 1. The molecule has 0 aromatic heterocycles. The molecular weight excluding hydrogens is 256 g/mol. The molecule has 102 valence electrons. The lowest BCUT2D eigenvalue weighted by molar-refractivity contribution is 0.0987. The average Bonchev–Trinajstić information content (AvgIpc) is 2.94. The number of nitrogens with two attached hydrogens (primary N) is 1. The van der Waals surface area contributed by atoms with E-state index in [2.05, 4.69) is 0 Å². The second-order valence-electron chi connectivity index (χ2n) is 4.58. The highest BCUT2D eigenvalue weighted by atomic mass is 16.7. The lowest BCUT2D eigenvalue weighted by Crippen LogP contribution is -2.37. The molecular formula is C15H14N2O3. The van der Waals surface area contributed by atoms with Crippen LogP contribution in [0.15, 0.2) is 42.5 Å². The summed E-state index contributed by atoms with van der Waals surface area (Å²) in [6, 6.07) is 12.4. The van der Waals surface area contributed by atoms with E-state index in [4.69, 9.17) is 15.3 Å². The maximum absolute atomic E-state index is 12.3. The number of ether oxygens (including phenoxy) is 2. The van der Waals surface area contributed by atoms with E-state index in [9.17, 15) is 4.79 Å². The Morgan fingerprint density at radius 2 is 1.80 bits per heavy atom. The Kier molecular flexibility index (Phi) is 3.04. The number of hydrazine groups is 1. The van der Waals surface area contributed by atoms with E-state index in [0.717, 1.165) is 10.6 Å². The Hall–Kier alpha value is -2.53. The molecule has 5 heteroatoms. The molecule has 0 spiro atoms. The third-order valence-electron chi connectivity index (χ3n) is 3.15. The van der Waals surface area contributed by atoms with Gasteiger partial charge in [-0.25, -0.2) is 10.9 Å². The van der Waals surface area contributed by atoms with Crippen LogP contribution in [0.4, 0.5) is 5.69 Å². The van der Waals surface area contributed by atoms with Gasteiger partial charge in [0.05, 0.1) is 5.69 Å². The van der Waals surface area contributed by atoms with E-state index >= 15 is 0 Å². The minimum Gasteiger partial charge on any atom is -0.454 e. The monoisotopic (exact) mass is 270 g/mol. The number of carbonyl (C=O) groups excluding carboxylic acids is 1. The Labute approximate surface area is 116 Å². The molecule has 20 heavy (non-hydrogen) atoms. The number of hydrogen-bond acceptors (Lipinski definition) is 4. The summed E-state index contributed by atoms with van der Waals surface area (Å²) in [6.45, 7) is 2.15. The number of amides is 1. The third kappa shape index (κ3) is 2.19. The van der Waals surface area contributed by atoms with Gasteiger partial charge in [-0.1, -0.05) is 17.7 Å². The second kappa shape index (κ2) is 4.86. The minimum absolute atomic E-state index is 0.190. The number of hydrogen-bond donors (Lipinski definition) is 1. The van der Waals surface area contributed by atoms with Gasteiger partial charge in [0, 0.05) is 11.6 Å². The lowest BCUT2D eigenvalue weighted by Gasteiger charge is -2.17. The molecule has 2 N–H and O–H groups in total. The average molecular weight is 270 g/mol. The smallest absolute Gasteiger partial charge is 0.272 e. The maximum Gasteiger partial charge on any atom is 0.272 e. The molecule has 1 amide bonds. The quantitative estimate of drug-likeness (QED) is 0.516. The van der Waals surface area contributed by atoms with Crippen LogP contribution in [0.25, 0.3) is 0 Å². The molecule has 0 aliphatic carbocycles. The number of rotatable bonds is 2. The number of benzene rings is 2. The van der Waals surface area contributed by atoms with E-state index in [1.54, 1.807) is 30.3 Å². The number of anilines is 1. The third-order valence-corrected chi connectivity index (χ3v) is 3.15. The van der Waals surface area contributed by atoms with Gasteiger partial charge in [-0.05, 0) is 31.2 Å². The zero-order valence-corrected chi connectivity index (χ0v) is 11.0. The summed E-state index contributed by atoms with van der Waals surface area (Å²) in [6.07, 6.45) is 0. The van der Waals surface area contributed by atoms with Crippen molar-refractivity contribution in [2.75, 3.05) is 11.8 Å². The fourth-order valence-electron chi connectivity index (χ4n) is 1.99. The molecule has 0 fully saturated rings. The molecule has 5 nitrogen and oxygen atoms in total. The van der Waals surface area contributed by atoms with E-state index in [-0.39, 0.29) is 12.7 Å². The first kappa shape index (κ1) is 12.5. The van der Waals surface area contributed by atoms with Crippen molar-refractivity contribution in [1.29, 1.82) is 0 Å². The topological polar surface area (TPSA) is 64.8 Å². The zero-order valence-electron chi connectivity index (χ0n) is 11.0. The Morgan fingerprint density at radius 3 is 2.55 bits per heavy atom. The summed E-state index contributed by atoms with van der Waals surface area (Å²) in [5.74, 6) is 6.87. The van der Waals surface area contributed by atoms with Crippen LogP contribution in [0, 0.1) is 6.92 Å². The van der Waals surface area contributed by atoms with Gasteiger partial charge in [-0.15, -0.1) is 0 Å². The Balaban J connectivity index is 1.86. The summed E-state index contributed by atoms with van der Waals surface area (Å²) in [7, 11) is 0. The predicted octanol–water partition coefficient (Wildman–Crippen LogP) is 2.24. The van der Waals surface area contributed by atoms with Crippen molar-refractivity contribution in [3.05, 3.63) is 53.6 Å². The first-order valence-electron chi connectivity index (χ1n) is 6.20. The van der Waals surface area contributed by atoms with Gasteiger partial charge in [0.25, 0.3) is 5.91 Å². The highest BCUT2D eigenvalue weighted by Crippen LogP contribution is 2.35. The van der Waals surface area contributed by atoms with Crippen LogP contribution >= 0.6 is 0 Å². The van der Waals surface area contributed by atoms with Crippen molar-refractivity contribution in [3.8, 4) is 11.5 Å². The van der Waals surface area contributed by atoms with Crippen LogP contribution in [-0.4, -0.2) is 12.7 Å². The van der Waals surface area contributed by atoms with Crippen molar-refractivity contribution in [2.24, 2.45) is 5.84 Å². The molecule has 3 rings (SSSR count). The van der Waals surface area contributed by atoms with Gasteiger partial charge in [0.2, 0.25) is 6.79 Å². The van der Waals surface area contributed by atoms with Crippen molar-refractivity contribution in [3.63, 3.8) is 0 Å². The molecule has 2 aromatic carbocycles. The van der Waals surface area contributed by atoms with E-state index < -0.39 is 0 Å². The van der Waals surface area contributed by atoms with Crippen molar-refractivity contribution in [1.82, 2.24) is 0 Å². The molecule has 1 aliphatic rings. The first-order chi connectivity index (χ1) is 9.65. The second-order valence-corrected chi connectivity index (χ2v) is 4.58. The largest absolute Gasteiger partial charge is 0.454 e. The Bertz CT molecular complexity index is 653. The van der Waals surface area contributed by atoms with Gasteiger partial charge in [0.15, 0.2) is 11.5 Å². The zero-order chi connectivity index (χ0) is 14.1. The highest BCUT2D eigenvalue weighted by Gasteiger charge is 2.19. The molecule has 0 unspecified atom stereocenters. The molecule has 1 heterocycles. The van der Waals surface area contributed by atoms with Gasteiger partial charge < -0.3 is 9.47 Å². The van der Waals surface area contributed by atoms with Crippen LogP contribution in [-0.2, 0) is 0 Å². The molecule has 0 saturated carbocycles. The van der Waals surface area contributed by atoms with Gasteiger partial charge in [-0.3, -0.25) is 4.79 Å². The fraction of sp³-hybridized carbons (Fsp3) is 0.133. The summed E-state index contributed by atoms with van der Waals surface area (Å²) >= 11 is 0. The first-order valence-corrected chi connectivity index (χ1v) is 6.20. The van der Waals surface area contributed by atoms with Crippen molar-refractivity contribution < 1.29 is 14.3 Å². The van der Waals surface area contributed by atoms with Gasteiger partial charge in [0.1, 0.15) is 0 Å². The molecule has 0 saturated heterocycles. The standard InChI is InChI=1S/C15H14N2O3/c1-10-2-4-11(5-3-10)15(18)17(16)12-6-7-13-14(8-12)20-9-19-13/h2-8H,9,16H2,1H3. The SMILES string of the molecule is Cc1ccc(C(=O)N(N)c2ccc3c(c2)OCO3)cc1. The van der Waals surface area contributed by atoms with E-state index in [1.165, 1.54) is 0 Å². The number of carbonyl (C=O) groups is 1. The molecule has 2 aromatic rings. The summed E-state index contributed by atoms with van der Waals surface area (Å²) < 4.78 is 10.5. The number of aryl methyl sites for hydroxylation is 1. The Morgan fingerprint density at radius 1 is 1.10 bits per heavy atom. The van der Waals surface area contributed by atoms with Crippen LogP contribution in [0.1, 0.15) is 15.9 Å². The number of nitrogens with zero attached hydrogens (tertiary/aromatic N) is 1. The minimum atomic E-state index is -0.274. The van der Waals surface area contributed by atoms with Gasteiger partial charge in [-0.2, -0.15) is 0 Å². The summed E-state index contributed by atoms with van der Waals surface area (Å²) in [5.41, 5.74) is 2.18. The normalized spacial score (nSPS) is 12.3. The fourth-order valence-corrected chi connectivity index (χ4v) is 1.99. The highest BCUT2D eigenvalue weighted by molar-refractivity contribution is 6.05. The molecule has 1 aliphatic heterocycles. The van der Waals surface area contributed by atoms with Crippen LogP contribution in [0.3, 0.4) is 0 Å². The predicted molar refractivity (Wildman–Crippen MR) is 74.7 cm³/mol. The maximum atomic E-state index is 12.3. The van der Waals surface area contributed by atoms with Crippen LogP contribution in [0.2, 0.25) is 0 Å². The van der Waals surface area contributed by atoms with E-state index in [0.29, 0.717) is 22.7 Å². The van der Waals surface area contributed by atoms with Crippen LogP contribution in [0.5, 0.6) is 11.5 Å². The lowest BCUT2D eigenvalue weighted by atomic mass is 10.1. The molecule has 0 bridgehead atoms. The molecule has 0 atom stereocenters. The summed E-state index contributed by atoms with van der Waals surface area (Å²) in [5, 5.41) is 1.10.